The SMILES string of the molecule is Cc1cc(C)c(-c2nc(C)nc(N)n2)c(C)c1. The summed E-state index contributed by atoms with van der Waals surface area (Å²) in [5, 5.41) is 0. The molecule has 1 heterocycles. The van der Waals surface area contributed by atoms with E-state index in [9.17, 15) is 0 Å². The average Bonchev–Trinajstić information content (AvgIpc) is 2.13. The predicted molar refractivity (Wildman–Crippen MR) is 68.6 cm³/mol. The fourth-order valence-electron chi connectivity index (χ4n) is 2.15. The Kier molecular flexibility index (Phi) is 2.79. The second kappa shape index (κ2) is 4.13. The van der Waals surface area contributed by atoms with Crippen LogP contribution in [0.2, 0.25) is 0 Å². The van der Waals surface area contributed by atoms with Gasteiger partial charge in [-0.2, -0.15) is 9.97 Å². The highest BCUT2D eigenvalue weighted by molar-refractivity contribution is 5.65. The van der Waals surface area contributed by atoms with Crippen molar-refractivity contribution in [1.29, 1.82) is 0 Å². The third-order valence-corrected chi connectivity index (χ3v) is 2.67. The predicted octanol–water partition coefficient (Wildman–Crippen LogP) is 2.35. The molecule has 0 unspecified atom stereocenters. The second-order valence-corrected chi connectivity index (χ2v) is 4.34. The summed E-state index contributed by atoms with van der Waals surface area (Å²) in [5.41, 5.74) is 10.3. The van der Waals surface area contributed by atoms with E-state index >= 15 is 0 Å². The zero-order chi connectivity index (χ0) is 12.6. The molecule has 0 amide bonds. The smallest absolute Gasteiger partial charge is 0.223 e. The Morgan fingerprint density at radius 3 is 2.00 bits per heavy atom. The number of nitrogens with zero attached hydrogens (tertiary/aromatic N) is 3. The molecule has 1 aromatic heterocycles. The molecule has 17 heavy (non-hydrogen) atoms. The zero-order valence-electron chi connectivity index (χ0n) is 10.6. The molecule has 1 aromatic carbocycles. The van der Waals surface area contributed by atoms with Gasteiger partial charge >= 0.3 is 0 Å². The number of benzene rings is 1. The van der Waals surface area contributed by atoms with Crippen molar-refractivity contribution in [3.63, 3.8) is 0 Å². The number of hydrogen-bond donors (Lipinski definition) is 1. The Hall–Kier alpha value is -1.97. The number of aromatic nitrogens is 3. The van der Waals surface area contributed by atoms with Crippen LogP contribution >= 0.6 is 0 Å². The molecule has 0 aliphatic rings. The van der Waals surface area contributed by atoms with E-state index < -0.39 is 0 Å². The molecule has 4 heteroatoms. The van der Waals surface area contributed by atoms with Crippen LogP contribution in [0.4, 0.5) is 5.95 Å². The van der Waals surface area contributed by atoms with E-state index in [0.717, 1.165) is 16.7 Å². The van der Waals surface area contributed by atoms with Crippen LogP contribution in [0.5, 0.6) is 0 Å². The highest BCUT2D eigenvalue weighted by Crippen LogP contribution is 2.25. The second-order valence-electron chi connectivity index (χ2n) is 4.34. The van der Waals surface area contributed by atoms with Gasteiger partial charge in [-0.05, 0) is 38.8 Å². The standard InChI is InChI=1S/C13H16N4/c1-7-5-8(2)11(9(3)6-7)12-15-10(4)16-13(14)17-12/h5-6H,1-4H3,(H2,14,15,16,17). The maximum Gasteiger partial charge on any atom is 0.223 e. The van der Waals surface area contributed by atoms with E-state index in [1.165, 1.54) is 5.56 Å². The van der Waals surface area contributed by atoms with Crippen molar-refractivity contribution in [2.75, 3.05) is 5.73 Å². The number of nitrogen functional groups attached to an aromatic ring is 1. The van der Waals surface area contributed by atoms with Crippen LogP contribution in [0.25, 0.3) is 11.4 Å². The van der Waals surface area contributed by atoms with Gasteiger partial charge in [0.1, 0.15) is 5.82 Å². The Morgan fingerprint density at radius 1 is 0.882 bits per heavy atom. The maximum absolute atomic E-state index is 5.66. The molecule has 0 fully saturated rings. The van der Waals surface area contributed by atoms with Crippen molar-refractivity contribution in [2.24, 2.45) is 0 Å². The largest absolute Gasteiger partial charge is 0.368 e. The van der Waals surface area contributed by atoms with Crippen LogP contribution in [0, 0.1) is 27.7 Å². The van der Waals surface area contributed by atoms with E-state index in [4.69, 9.17) is 5.73 Å². The topological polar surface area (TPSA) is 64.7 Å². The van der Waals surface area contributed by atoms with Crippen LogP contribution < -0.4 is 5.73 Å². The fraction of sp³-hybridized carbons (Fsp3) is 0.308. The van der Waals surface area contributed by atoms with Crippen molar-refractivity contribution >= 4 is 5.95 Å². The fourth-order valence-corrected chi connectivity index (χ4v) is 2.15. The van der Waals surface area contributed by atoms with E-state index in [0.29, 0.717) is 11.6 Å². The summed E-state index contributed by atoms with van der Waals surface area (Å²) < 4.78 is 0. The summed E-state index contributed by atoms with van der Waals surface area (Å²) in [6.07, 6.45) is 0. The van der Waals surface area contributed by atoms with Gasteiger partial charge in [0.25, 0.3) is 0 Å². The highest BCUT2D eigenvalue weighted by atomic mass is 15.1. The molecular weight excluding hydrogens is 212 g/mol. The first-order valence-corrected chi connectivity index (χ1v) is 5.54. The molecule has 4 nitrogen and oxygen atoms in total. The minimum atomic E-state index is 0.270. The molecule has 88 valence electrons. The molecule has 0 spiro atoms. The lowest BCUT2D eigenvalue weighted by Crippen LogP contribution is -2.03. The highest BCUT2D eigenvalue weighted by Gasteiger charge is 2.11. The number of nitrogens with two attached hydrogens (primary N) is 1. The summed E-state index contributed by atoms with van der Waals surface area (Å²) in [5.74, 6) is 1.57. The minimum absolute atomic E-state index is 0.270. The van der Waals surface area contributed by atoms with Gasteiger partial charge in [0.15, 0.2) is 5.82 Å². The maximum atomic E-state index is 5.66. The van der Waals surface area contributed by atoms with Gasteiger partial charge in [-0.3, -0.25) is 0 Å². The molecule has 2 aromatic rings. The Labute approximate surface area is 101 Å². The first-order chi connectivity index (χ1) is 7.97. The Balaban J connectivity index is 2.68. The van der Waals surface area contributed by atoms with Gasteiger partial charge in [-0.1, -0.05) is 17.7 Å². The number of anilines is 1. The lowest BCUT2D eigenvalue weighted by atomic mass is 9.99. The molecule has 0 bridgehead atoms. The summed E-state index contributed by atoms with van der Waals surface area (Å²) in [6.45, 7) is 8.02. The Morgan fingerprint density at radius 2 is 1.47 bits per heavy atom. The third kappa shape index (κ3) is 2.25. The summed E-state index contributed by atoms with van der Waals surface area (Å²) in [6, 6.07) is 4.25. The van der Waals surface area contributed by atoms with Gasteiger partial charge in [0.05, 0.1) is 0 Å². The van der Waals surface area contributed by atoms with Crippen molar-refractivity contribution < 1.29 is 0 Å². The van der Waals surface area contributed by atoms with Crippen LogP contribution in [0.15, 0.2) is 12.1 Å². The van der Waals surface area contributed by atoms with Crippen molar-refractivity contribution in [2.45, 2.75) is 27.7 Å². The monoisotopic (exact) mass is 228 g/mol. The van der Waals surface area contributed by atoms with Gasteiger partial charge in [0, 0.05) is 5.56 Å². The van der Waals surface area contributed by atoms with Gasteiger partial charge in [-0.25, -0.2) is 4.98 Å². The van der Waals surface area contributed by atoms with E-state index in [-0.39, 0.29) is 5.95 Å². The minimum Gasteiger partial charge on any atom is -0.368 e. The summed E-state index contributed by atoms with van der Waals surface area (Å²) in [7, 11) is 0. The number of hydrogen-bond acceptors (Lipinski definition) is 4. The van der Waals surface area contributed by atoms with E-state index in [1.807, 2.05) is 6.92 Å². The van der Waals surface area contributed by atoms with Gasteiger partial charge in [-0.15, -0.1) is 0 Å². The van der Waals surface area contributed by atoms with Crippen LogP contribution in [0.1, 0.15) is 22.5 Å². The lowest BCUT2D eigenvalue weighted by Gasteiger charge is -2.10. The molecule has 2 N–H and O–H groups in total. The average molecular weight is 228 g/mol. The molecule has 0 saturated heterocycles. The van der Waals surface area contributed by atoms with Crippen LogP contribution in [-0.2, 0) is 0 Å². The molecule has 0 saturated carbocycles. The molecule has 0 aliphatic carbocycles. The third-order valence-electron chi connectivity index (χ3n) is 2.67. The first-order valence-electron chi connectivity index (χ1n) is 5.54. The quantitative estimate of drug-likeness (QED) is 0.813. The molecule has 0 radical (unpaired) electrons. The van der Waals surface area contributed by atoms with Gasteiger partial charge in [0.2, 0.25) is 5.95 Å². The van der Waals surface area contributed by atoms with Crippen molar-refractivity contribution in [1.82, 2.24) is 15.0 Å². The summed E-state index contributed by atoms with van der Waals surface area (Å²) in [4.78, 5) is 12.6. The zero-order valence-corrected chi connectivity index (χ0v) is 10.6. The molecule has 0 aliphatic heterocycles. The number of aryl methyl sites for hydroxylation is 4. The molecule has 2 rings (SSSR count). The van der Waals surface area contributed by atoms with Crippen molar-refractivity contribution in [3.8, 4) is 11.4 Å². The first kappa shape index (κ1) is 11.5. The van der Waals surface area contributed by atoms with Gasteiger partial charge < -0.3 is 5.73 Å². The van der Waals surface area contributed by atoms with E-state index in [2.05, 4.69) is 47.9 Å². The molecule has 0 atom stereocenters. The molecular formula is C13H16N4. The summed E-state index contributed by atoms with van der Waals surface area (Å²) >= 11 is 0. The van der Waals surface area contributed by atoms with E-state index in [1.54, 1.807) is 0 Å². The van der Waals surface area contributed by atoms with Crippen molar-refractivity contribution in [3.05, 3.63) is 34.6 Å². The lowest BCUT2D eigenvalue weighted by molar-refractivity contribution is 0.992. The van der Waals surface area contributed by atoms with Crippen LogP contribution in [-0.4, -0.2) is 15.0 Å². The normalized spacial score (nSPS) is 10.6. The number of rotatable bonds is 1. The Bertz CT molecular complexity index is 532. The van der Waals surface area contributed by atoms with Crippen LogP contribution in [0.3, 0.4) is 0 Å².